The maximum atomic E-state index is 13.4. The molecule has 2 saturated heterocycles. The average molecular weight is 481 g/mol. The van der Waals surface area contributed by atoms with E-state index in [2.05, 4.69) is 42.8 Å². The molecule has 0 saturated carbocycles. The first-order valence-corrected chi connectivity index (χ1v) is 13.3. The molecule has 0 spiro atoms. The summed E-state index contributed by atoms with van der Waals surface area (Å²) in [7, 11) is -0.663. The van der Waals surface area contributed by atoms with Crippen molar-refractivity contribution in [2.45, 2.75) is 44.6 Å². The van der Waals surface area contributed by atoms with E-state index in [0.29, 0.717) is 50.2 Å². The summed E-state index contributed by atoms with van der Waals surface area (Å²) in [6.45, 7) is 13.9. The molecule has 1 aromatic carbocycles. The highest BCUT2D eigenvalue weighted by Gasteiger charge is 2.33. The molecule has 186 valence electrons. The largest absolute Gasteiger partial charge is 0.378 e. The van der Waals surface area contributed by atoms with Crippen molar-refractivity contribution in [3.8, 4) is 0 Å². The quantitative estimate of drug-likeness (QED) is 0.645. The molecule has 2 unspecified atom stereocenters. The molecule has 0 aromatic heterocycles. The Balaban J connectivity index is 1.85. The van der Waals surface area contributed by atoms with Crippen molar-refractivity contribution in [2.24, 2.45) is 11.8 Å². The van der Waals surface area contributed by atoms with Gasteiger partial charge in [-0.25, -0.2) is 12.7 Å². The van der Waals surface area contributed by atoms with Crippen LogP contribution in [-0.2, 0) is 14.8 Å². The molecule has 33 heavy (non-hydrogen) atoms. The fourth-order valence-electron chi connectivity index (χ4n) is 4.81. The number of morpholine rings is 1. The van der Waals surface area contributed by atoms with Gasteiger partial charge in [0.25, 0.3) is 5.91 Å². The molecule has 2 fully saturated rings. The summed E-state index contributed by atoms with van der Waals surface area (Å²) in [6, 6.07) is 4.83. The van der Waals surface area contributed by atoms with E-state index < -0.39 is 10.0 Å². The highest BCUT2D eigenvalue weighted by atomic mass is 32.2. The van der Waals surface area contributed by atoms with E-state index in [0.717, 1.165) is 18.8 Å². The third-order valence-electron chi connectivity index (χ3n) is 6.75. The number of ether oxygens (including phenoxy) is 1. The van der Waals surface area contributed by atoms with Gasteiger partial charge < -0.3 is 15.0 Å². The Hall–Kier alpha value is -1.68. The van der Waals surface area contributed by atoms with Crippen LogP contribution >= 0.6 is 0 Å². The number of sulfonamides is 1. The lowest BCUT2D eigenvalue weighted by Gasteiger charge is -2.45. The van der Waals surface area contributed by atoms with Crippen molar-refractivity contribution in [1.82, 2.24) is 14.5 Å². The van der Waals surface area contributed by atoms with E-state index in [-0.39, 0.29) is 16.3 Å². The summed E-state index contributed by atoms with van der Waals surface area (Å²) in [5.41, 5.74) is 0.924. The van der Waals surface area contributed by atoms with Gasteiger partial charge in [-0.2, -0.15) is 0 Å². The zero-order chi connectivity index (χ0) is 24.4. The van der Waals surface area contributed by atoms with Crippen molar-refractivity contribution in [3.63, 3.8) is 0 Å². The maximum absolute atomic E-state index is 13.4. The Labute approximate surface area is 199 Å². The van der Waals surface area contributed by atoms with Gasteiger partial charge in [0.05, 0.1) is 23.7 Å². The molecule has 2 aliphatic rings. The minimum atomic E-state index is -3.65. The zero-order valence-electron chi connectivity index (χ0n) is 20.9. The summed E-state index contributed by atoms with van der Waals surface area (Å²) in [5, 5.41) is 3.11. The van der Waals surface area contributed by atoms with Crippen LogP contribution < -0.4 is 10.2 Å². The number of hydrogen-bond donors (Lipinski definition) is 1. The van der Waals surface area contributed by atoms with Crippen molar-refractivity contribution >= 4 is 21.6 Å². The number of likely N-dealkylation sites (tertiary alicyclic amines) is 1. The smallest absolute Gasteiger partial charge is 0.253 e. The Bertz CT molecular complexity index is 932. The Morgan fingerprint density at radius 1 is 1.15 bits per heavy atom. The fourth-order valence-corrected chi connectivity index (χ4v) is 5.74. The first-order chi connectivity index (χ1) is 15.4. The number of hydrogen-bond acceptors (Lipinski definition) is 6. The number of nitrogens with zero attached hydrogens (tertiary/aromatic N) is 3. The lowest BCUT2D eigenvalue weighted by Crippen LogP contribution is -2.56. The van der Waals surface area contributed by atoms with Crippen LogP contribution in [0, 0.1) is 11.8 Å². The third kappa shape index (κ3) is 6.07. The van der Waals surface area contributed by atoms with Crippen LogP contribution in [0.5, 0.6) is 0 Å². The number of rotatable bonds is 7. The molecule has 1 aromatic rings. The fraction of sp³-hybridized carbons (Fsp3) is 0.708. The molecular weight excluding hydrogens is 440 g/mol. The zero-order valence-corrected chi connectivity index (χ0v) is 21.7. The number of carbonyl (C=O) groups is 1. The molecule has 2 atom stereocenters. The van der Waals surface area contributed by atoms with Crippen LogP contribution in [0.4, 0.5) is 5.69 Å². The van der Waals surface area contributed by atoms with Gasteiger partial charge in [-0.1, -0.05) is 13.8 Å². The van der Waals surface area contributed by atoms with Crippen LogP contribution in [0.25, 0.3) is 0 Å². The predicted molar refractivity (Wildman–Crippen MR) is 131 cm³/mol. The highest BCUT2D eigenvalue weighted by Crippen LogP contribution is 2.28. The molecule has 0 radical (unpaired) electrons. The molecule has 1 amide bonds. The molecule has 8 nitrogen and oxygen atoms in total. The first kappa shape index (κ1) is 25.9. The van der Waals surface area contributed by atoms with Gasteiger partial charge in [-0.15, -0.1) is 0 Å². The van der Waals surface area contributed by atoms with Crippen LogP contribution in [0.1, 0.15) is 44.5 Å². The summed E-state index contributed by atoms with van der Waals surface area (Å²) in [6.07, 6.45) is 1.23. The van der Waals surface area contributed by atoms with E-state index in [9.17, 15) is 13.2 Å². The molecular formula is C24H40N4O4S. The number of benzene rings is 1. The van der Waals surface area contributed by atoms with E-state index in [1.807, 2.05) is 0 Å². The van der Waals surface area contributed by atoms with Gasteiger partial charge in [0.15, 0.2) is 0 Å². The highest BCUT2D eigenvalue weighted by molar-refractivity contribution is 7.89. The number of piperidine rings is 1. The van der Waals surface area contributed by atoms with Crippen molar-refractivity contribution in [3.05, 3.63) is 23.8 Å². The van der Waals surface area contributed by atoms with Crippen LogP contribution in [0.3, 0.4) is 0 Å². The molecule has 1 N–H and O–H groups in total. The SMILES string of the molecule is CC1CC(C)CN(C(C)(C)CNC(=O)c2cc(S(=O)(=O)N(C)C)ccc2N2CCOCC2)C1. The van der Waals surface area contributed by atoms with E-state index in [1.54, 1.807) is 12.1 Å². The van der Waals surface area contributed by atoms with Gasteiger partial charge in [0.1, 0.15) is 0 Å². The van der Waals surface area contributed by atoms with Gasteiger partial charge in [0, 0.05) is 58.0 Å². The van der Waals surface area contributed by atoms with Gasteiger partial charge >= 0.3 is 0 Å². The van der Waals surface area contributed by atoms with Gasteiger partial charge in [-0.05, 0) is 50.3 Å². The molecule has 3 rings (SSSR count). The van der Waals surface area contributed by atoms with E-state index in [1.165, 1.54) is 30.9 Å². The second-order valence-corrected chi connectivity index (χ2v) is 12.6. The third-order valence-corrected chi connectivity index (χ3v) is 8.56. The van der Waals surface area contributed by atoms with Gasteiger partial charge in [0.2, 0.25) is 10.0 Å². The van der Waals surface area contributed by atoms with Crippen molar-refractivity contribution in [1.29, 1.82) is 0 Å². The molecule has 0 aliphatic carbocycles. The van der Waals surface area contributed by atoms with E-state index >= 15 is 0 Å². The first-order valence-electron chi connectivity index (χ1n) is 11.8. The number of amides is 1. The molecule has 2 aliphatic heterocycles. The van der Waals surface area contributed by atoms with E-state index in [4.69, 9.17) is 4.74 Å². The van der Waals surface area contributed by atoms with Crippen molar-refractivity contribution < 1.29 is 17.9 Å². The summed E-state index contributed by atoms with van der Waals surface area (Å²) < 4.78 is 32.1. The second kappa shape index (κ2) is 10.3. The Morgan fingerprint density at radius 3 is 2.33 bits per heavy atom. The predicted octanol–water partition coefficient (Wildman–Crippen LogP) is 2.26. The van der Waals surface area contributed by atoms with Crippen LogP contribution in [-0.4, -0.2) is 89.1 Å². The van der Waals surface area contributed by atoms with Crippen LogP contribution in [0.15, 0.2) is 23.1 Å². The van der Waals surface area contributed by atoms with Gasteiger partial charge in [-0.3, -0.25) is 9.69 Å². The normalized spacial score (nSPS) is 23.1. The second-order valence-electron chi connectivity index (χ2n) is 10.4. The van der Waals surface area contributed by atoms with Crippen LogP contribution in [0.2, 0.25) is 0 Å². The average Bonchev–Trinajstić information content (AvgIpc) is 2.77. The Kier molecular flexibility index (Phi) is 8.09. The summed E-state index contributed by atoms with van der Waals surface area (Å²) in [4.78, 5) is 18.1. The minimum absolute atomic E-state index is 0.118. The molecule has 2 heterocycles. The maximum Gasteiger partial charge on any atom is 0.253 e. The van der Waals surface area contributed by atoms with Crippen molar-refractivity contribution in [2.75, 3.05) is 64.9 Å². The number of nitrogens with one attached hydrogen (secondary N) is 1. The summed E-state index contributed by atoms with van der Waals surface area (Å²) in [5.74, 6) is 1.01. The lowest BCUT2D eigenvalue weighted by molar-refractivity contribution is 0.0445. The Morgan fingerprint density at radius 2 is 1.76 bits per heavy atom. The summed E-state index contributed by atoms with van der Waals surface area (Å²) >= 11 is 0. The molecule has 0 bridgehead atoms. The molecule has 9 heteroatoms. The number of anilines is 1. The topological polar surface area (TPSA) is 82.2 Å². The minimum Gasteiger partial charge on any atom is -0.378 e. The monoisotopic (exact) mass is 480 g/mol. The number of carbonyl (C=O) groups excluding carboxylic acids is 1. The lowest BCUT2D eigenvalue weighted by atomic mass is 9.88. The standard InChI is InChI=1S/C24H40N4O4S/c1-18-13-19(2)16-28(15-18)24(3,4)17-25-23(29)21-14-20(33(30,31)26(5)6)7-8-22(21)27-9-11-32-12-10-27/h7-8,14,18-19H,9-13,15-17H2,1-6H3,(H,25,29).